The van der Waals surface area contributed by atoms with Crippen LogP contribution in [0.15, 0.2) is 60.0 Å². The van der Waals surface area contributed by atoms with E-state index >= 15 is 0 Å². The van der Waals surface area contributed by atoms with Crippen LogP contribution in [0.4, 0.5) is 0 Å². The minimum absolute atomic E-state index is 0.0978. The van der Waals surface area contributed by atoms with Crippen LogP contribution in [0.1, 0.15) is 111 Å². The summed E-state index contributed by atoms with van der Waals surface area (Å²) in [5, 5.41) is 5.45. The number of benzene rings is 1. The van der Waals surface area contributed by atoms with Gasteiger partial charge in [-0.3, -0.25) is 14.4 Å². The lowest BCUT2D eigenvalue weighted by Gasteiger charge is -2.39. The maximum atomic E-state index is 13.6. The molecule has 1 saturated carbocycles. The fraction of sp³-hybridized carbons (Fsp3) is 0.537. The first-order valence-corrected chi connectivity index (χ1v) is 19.5. The molecule has 2 fully saturated rings. The summed E-state index contributed by atoms with van der Waals surface area (Å²) < 4.78 is 0. The average Bonchev–Trinajstić information content (AvgIpc) is 3.64. The Morgan fingerprint density at radius 1 is 0.941 bits per heavy atom. The first-order chi connectivity index (χ1) is 24.5. The van der Waals surface area contributed by atoms with Crippen molar-refractivity contribution in [1.82, 2.24) is 20.2 Å². The van der Waals surface area contributed by atoms with Crippen LogP contribution in [0.2, 0.25) is 0 Å². The highest BCUT2D eigenvalue weighted by atomic mass is 32.1. The van der Waals surface area contributed by atoms with Crippen LogP contribution >= 0.6 is 11.3 Å². The van der Waals surface area contributed by atoms with Crippen molar-refractivity contribution in [3.05, 3.63) is 80.7 Å². The van der Waals surface area contributed by atoms with E-state index in [4.69, 9.17) is 9.97 Å². The molecule has 1 aromatic carbocycles. The van der Waals surface area contributed by atoms with E-state index in [2.05, 4.69) is 44.3 Å². The number of carbonyl (C=O) groups excluding carboxylic acids is 3. The Labute approximate surface area is 305 Å². The van der Waals surface area contributed by atoms with Crippen molar-refractivity contribution in [2.24, 2.45) is 28.8 Å². The summed E-state index contributed by atoms with van der Waals surface area (Å²) in [6.45, 7) is 8.82. The number of amides is 3. The normalized spacial score (nSPS) is 21.7. The molecule has 3 aromatic rings. The molecule has 1 unspecified atom stereocenters. The molecular weight excluding hydrogens is 659 g/mol. The second-order valence-corrected chi connectivity index (χ2v) is 16.9. The zero-order valence-corrected chi connectivity index (χ0v) is 31.2. The second-order valence-electron chi connectivity index (χ2n) is 15.8. The molecule has 3 heterocycles. The van der Waals surface area contributed by atoms with Gasteiger partial charge in [0.25, 0.3) is 11.8 Å². The molecule has 1 N–H and O–H groups in total. The molecule has 1 aliphatic heterocycles. The molecule has 1 saturated heterocycles. The van der Waals surface area contributed by atoms with Crippen molar-refractivity contribution in [2.45, 2.75) is 103 Å². The summed E-state index contributed by atoms with van der Waals surface area (Å²) in [4.78, 5) is 61.8. The number of allylic oxidation sites excluding steroid dienone is 2. The first kappa shape index (κ1) is 36.7. The predicted molar refractivity (Wildman–Crippen MR) is 202 cm³/mol. The highest BCUT2D eigenvalue weighted by Crippen LogP contribution is 2.42. The largest absolute Gasteiger partial charge is 0.339 e. The number of aromatic nitrogens is 2. The van der Waals surface area contributed by atoms with Gasteiger partial charge in [0.2, 0.25) is 5.91 Å². The highest BCUT2D eigenvalue weighted by molar-refractivity contribution is 7.14. The van der Waals surface area contributed by atoms with Gasteiger partial charge in [-0.15, -0.1) is 16.2 Å². The molecule has 3 aliphatic rings. The average molecular weight is 710 g/mol. The van der Waals surface area contributed by atoms with Gasteiger partial charge >= 0.3 is 0 Å². The van der Waals surface area contributed by atoms with E-state index in [0.717, 1.165) is 52.2 Å². The molecule has 51 heavy (non-hydrogen) atoms. The van der Waals surface area contributed by atoms with Gasteiger partial charge in [0.15, 0.2) is 5.82 Å². The maximum Gasteiger partial charge on any atom is 0.292 e. The number of nitrogens with zero attached hydrogens (tertiary/aromatic N) is 4. The molecule has 2 aliphatic carbocycles. The molecule has 270 valence electrons. The van der Waals surface area contributed by atoms with Gasteiger partial charge in [-0.05, 0) is 78.5 Å². The van der Waals surface area contributed by atoms with Crippen LogP contribution in [0.5, 0.6) is 0 Å². The molecule has 6 rings (SSSR count). The van der Waals surface area contributed by atoms with Crippen molar-refractivity contribution < 1.29 is 14.4 Å². The third-order valence-electron chi connectivity index (χ3n) is 11.2. The van der Waals surface area contributed by atoms with Crippen molar-refractivity contribution in [2.75, 3.05) is 13.1 Å². The van der Waals surface area contributed by atoms with Gasteiger partial charge in [-0.1, -0.05) is 83.7 Å². The zero-order valence-electron chi connectivity index (χ0n) is 30.4. The summed E-state index contributed by atoms with van der Waals surface area (Å²) in [6.07, 6.45) is 18.4. The van der Waals surface area contributed by atoms with Gasteiger partial charge in [0, 0.05) is 53.1 Å². The number of hydrogen-bond acceptors (Lipinski definition) is 7. The quantitative estimate of drug-likeness (QED) is 0.200. The topological polar surface area (TPSA) is 122 Å². The smallest absolute Gasteiger partial charge is 0.292 e. The Balaban J connectivity index is 1.08. The lowest BCUT2D eigenvalue weighted by Crippen LogP contribution is -2.59. The van der Waals surface area contributed by atoms with E-state index in [1.165, 1.54) is 66.8 Å². The third kappa shape index (κ3) is 8.88. The van der Waals surface area contributed by atoms with Crippen LogP contribution in [-0.4, -0.2) is 51.7 Å². The van der Waals surface area contributed by atoms with Crippen molar-refractivity contribution >= 4 is 34.6 Å². The van der Waals surface area contributed by atoms with Crippen LogP contribution in [0.25, 0.3) is 17.0 Å². The molecule has 2 aromatic heterocycles. The standard InChI is InChI=1S/C41H51N5O4S/c1-5-6-26-7-11-28(12-8-26)29-15-17-30(18-16-29)32-22-42-37(43-23-32)31-13-9-27(10-14-31)21-34(40(49)46-24-33(25-46)38(47)45-50)44-39(48)35-19-20-36(51-35)41(2,3)4/h9-10,13-14,17,19-20,22-23,26,28-29,33-34H,5-8,11-12,15-16,18,21,24-25H2,1-4H3,(H,44,48)/t26?,28?,29?,34-/m0/s1. The van der Waals surface area contributed by atoms with Gasteiger partial charge in [-0.2, -0.15) is 0 Å². The van der Waals surface area contributed by atoms with Gasteiger partial charge in [0.05, 0.1) is 10.8 Å². The van der Waals surface area contributed by atoms with Crippen LogP contribution in [0, 0.1) is 28.6 Å². The van der Waals surface area contributed by atoms with E-state index in [0.29, 0.717) is 10.7 Å². The maximum absolute atomic E-state index is 13.6. The van der Waals surface area contributed by atoms with E-state index in [9.17, 15) is 19.3 Å². The van der Waals surface area contributed by atoms with Crippen LogP contribution in [0.3, 0.4) is 0 Å². The Morgan fingerprint density at radius 2 is 1.65 bits per heavy atom. The summed E-state index contributed by atoms with van der Waals surface area (Å²) in [7, 11) is 0. The van der Waals surface area contributed by atoms with E-state index < -0.39 is 17.9 Å². The molecule has 0 bridgehead atoms. The number of hydrogen-bond donors (Lipinski definition) is 1. The Morgan fingerprint density at radius 3 is 2.24 bits per heavy atom. The molecule has 9 nitrogen and oxygen atoms in total. The van der Waals surface area contributed by atoms with Crippen molar-refractivity contribution in [3.8, 4) is 11.4 Å². The van der Waals surface area contributed by atoms with Crippen molar-refractivity contribution in [1.29, 1.82) is 0 Å². The third-order valence-corrected chi connectivity index (χ3v) is 12.7. The zero-order chi connectivity index (χ0) is 36.1. The van der Waals surface area contributed by atoms with Gasteiger partial charge in [0.1, 0.15) is 6.04 Å². The van der Waals surface area contributed by atoms with Gasteiger partial charge < -0.3 is 10.2 Å². The van der Waals surface area contributed by atoms with Gasteiger partial charge in [-0.25, -0.2) is 9.97 Å². The van der Waals surface area contributed by atoms with E-state index in [1.54, 1.807) is 6.07 Å². The lowest BCUT2D eigenvalue weighted by molar-refractivity contribution is -0.143. The Kier molecular flexibility index (Phi) is 11.6. The fourth-order valence-corrected chi connectivity index (χ4v) is 8.94. The molecule has 0 spiro atoms. The number of rotatable bonds is 11. The second kappa shape index (κ2) is 16.1. The predicted octanol–water partition coefficient (Wildman–Crippen LogP) is 8.39. The fourth-order valence-electron chi connectivity index (χ4n) is 7.97. The first-order valence-electron chi connectivity index (χ1n) is 18.7. The molecule has 3 amide bonds. The summed E-state index contributed by atoms with van der Waals surface area (Å²) in [5.74, 6) is 1.32. The number of nitrogens with one attached hydrogen (secondary N) is 1. The summed E-state index contributed by atoms with van der Waals surface area (Å²) in [5.41, 5.74) is 4.07. The van der Waals surface area contributed by atoms with E-state index in [1.807, 2.05) is 42.7 Å². The number of likely N-dealkylation sites (tertiary alicyclic amines) is 1. The highest BCUT2D eigenvalue weighted by Gasteiger charge is 2.39. The lowest BCUT2D eigenvalue weighted by atomic mass is 9.70. The molecule has 2 atom stereocenters. The molecular formula is C41H51N5O4S. The number of carbonyl (C=O) groups is 3. The number of thiophene rings is 1. The molecule has 10 heteroatoms. The molecule has 0 radical (unpaired) electrons. The van der Waals surface area contributed by atoms with E-state index in [-0.39, 0.29) is 36.7 Å². The monoisotopic (exact) mass is 709 g/mol. The summed E-state index contributed by atoms with van der Waals surface area (Å²) in [6, 6.07) is 10.6. The minimum Gasteiger partial charge on any atom is -0.339 e. The SMILES string of the molecule is CCCC1CCC(C2CC=C(c3cnc(-c4ccc(C[C@H](NC(=O)c5ccc(C(C)(C)C)s5)C(=O)N5CC(C(=O)N=O)C5)cc4)nc3)CC2)CC1. The van der Waals surface area contributed by atoms with Crippen LogP contribution < -0.4 is 5.32 Å². The Bertz CT molecular complexity index is 1730. The Hall–Kier alpha value is -4.05. The number of nitroso groups, excluding NO2 is 1. The minimum atomic E-state index is -0.848. The van der Waals surface area contributed by atoms with Crippen molar-refractivity contribution in [3.63, 3.8) is 0 Å². The summed E-state index contributed by atoms with van der Waals surface area (Å²) >= 11 is 1.41. The van der Waals surface area contributed by atoms with Crippen LogP contribution in [-0.2, 0) is 21.4 Å².